The van der Waals surface area contributed by atoms with Crippen molar-refractivity contribution in [3.8, 4) is 5.75 Å². The molecule has 1 aliphatic heterocycles. The lowest BCUT2D eigenvalue weighted by Gasteiger charge is -2.26. The Hall–Kier alpha value is -3.38. The van der Waals surface area contributed by atoms with E-state index in [2.05, 4.69) is 6.58 Å². The van der Waals surface area contributed by atoms with Crippen LogP contribution in [0.1, 0.15) is 17.2 Å². The molecular formula is C24H26N2O4. The van der Waals surface area contributed by atoms with Crippen molar-refractivity contribution in [3.05, 3.63) is 84.0 Å². The molecule has 6 nitrogen and oxygen atoms in total. The number of rotatable bonds is 8. The first kappa shape index (κ1) is 21.3. The lowest BCUT2D eigenvalue weighted by atomic mass is 9.95. The summed E-state index contributed by atoms with van der Waals surface area (Å²) in [4.78, 5) is 29.3. The molecule has 0 aliphatic carbocycles. The van der Waals surface area contributed by atoms with Gasteiger partial charge in [0.1, 0.15) is 18.1 Å². The molecular weight excluding hydrogens is 380 g/mol. The SMILES string of the molecule is C=CCOc1cccc(C2C(=C(O)c3ccccc3)C(=O)C(=O)N2CCN(C)C)c1. The van der Waals surface area contributed by atoms with Gasteiger partial charge >= 0.3 is 0 Å². The van der Waals surface area contributed by atoms with Gasteiger partial charge in [0.05, 0.1) is 11.6 Å². The van der Waals surface area contributed by atoms with E-state index in [4.69, 9.17) is 4.74 Å². The Morgan fingerprint density at radius 1 is 1.17 bits per heavy atom. The van der Waals surface area contributed by atoms with Gasteiger partial charge in [0, 0.05) is 18.7 Å². The Morgan fingerprint density at radius 2 is 1.90 bits per heavy atom. The first-order valence-electron chi connectivity index (χ1n) is 9.76. The van der Waals surface area contributed by atoms with Gasteiger partial charge in [0.15, 0.2) is 0 Å². The number of benzene rings is 2. The van der Waals surface area contributed by atoms with Crippen LogP contribution >= 0.6 is 0 Å². The number of ether oxygens (including phenoxy) is 1. The van der Waals surface area contributed by atoms with Gasteiger partial charge in [0.25, 0.3) is 11.7 Å². The largest absolute Gasteiger partial charge is 0.507 e. The number of carbonyl (C=O) groups is 2. The summed E-state index contributed by atoms with van der Waals surface area (Å²) in [6, 6.07) is 15.3. The fraction of sp³-hybridized carbons (Fsp3) is 0.250. The van der Waals surface area contributed by atoms with Crippen molar-refractivity contribution in [2.75, 3.05) is 33.8 Å². The molecule has 0 bridgehead atoms. The van der Waals surface area contributed by atoms with Gasteiger partial charge in [-0.15, -0.1) is 0 Å². The minimum absolute atomic E-state index is 0.0887. The second-order valence-electron chi connectivity index (χ2n) is 7.33. The summed E-state index contributed by atoms with van der Waals surface area (Å²) in [5.41, 5.74) is 1.28. The number of hydrogen-bond donors (Lipinski definition) is 1. The zero-order valence-electron chi connectivity index (χ0n) is 17.2. The van der Waals surface area contributed by atoms with Crippen LogP contribution < -0.4 is 4.74 Å². The van der Waals surface area contributed by atoms with E-state index in [-0.39, 0.29) is 11.3 Å². The molecule has 0 radical (unpaired) electrons. The molecule has 0 aromatic heterocycles. The maximum Gasteiger partial charge on any atom is 0.295 e. The third-order valence-corrected chi connectivity index (χ3v) is 4.92. The Morgan fingerprint density at radius 3 is 2.57 bits per heavy atom. The highest BCUT2D eigenvalue weighted by molar-refractivity contribution is 6.46. The van der Waals surface area contributed by atoms with E-state index in [1.807, 2.05) is 37.2 Å². The Bertz CT molecular complexity index is 966. The molecule has 2 aromatic carbocycles. The molecule has 30 heavy (non-hydrogen) atoms. The molecule has 0 saturated carbocycles. The molecule has 156 valence electrons. The summed E-state index contributed by atoms with van der Waals surface area (Å²) in [7, 11) is 3.80. The number of Topliss-reactive ketones (excluding diaryl/α,β-unsaturated/α-hetero) is 1. The monoisotopic (exact) mass is 406 g/mol. The van der Waals surface area contributed by atoms with Gasteiger partial charge in [-0.1, -0.05) is 55.1 Å². The number of likely N-dealkylation sites (N-methyl/N-ethyl adjacent to an activating group) is 1. The lowest BCUT2D eigenvalue weighted by Crippen LogP contribution is -2.35. The molecule has 1 heterocycles. The van der Waals surface area contributed by atoms with Crippen LogP contribution in [-0.4, -0.2) is 60.4 Å². The number of ketones is 1. The fourth-order valence-corrected chi connectivity index (χ4v) is 3.45. The summed E-state index contributed by atoms with van der Waals surface area (Å²) in [5.74, 6) is -0.872. The zero-order valence-corrected chi connectivity index (χ0v) is 17.2. The molecule has 1 fully saturated rings. The first-order valence-corrected chi connectivity index (χ1v) is 9.76. The highest BCUT2D eigenvalue weighted by atomic mass is 16.5. The number of amides is 1. The van der Waals surface area contributed by atoms with Crippen LogP contribution in [0.4, 0.5) is 0 Å². The van der Waals surface area contributed by atoms with Crippen LogP contribution in [0.5, 0.6) is 5.75 Å². The fourth-order valence-electron chi connectivity index (χ4n) is 3.45. The van der Waals surface area contributed by atoms with Crippen LogP contribution in [0.25, 0.3) is 5.76 Å². The Labute approximate surface area is 176 Å². The summed E-state index contributed by atoms with van der Waals surface area (Å²) >= 11 is 0. The average molecular weight is 406 g/mol. The smallest absolute Gasteiger partial charge is 0.295 e. The third kappa shape index (κ3) is 4.44. The predicted octanol–water partition coefficient (Wildman–Crippen LogP) is 3.23. The average Bonchev–Trinajstić information content (AvgIpc) is 3.01. The second kappa shape index (κ2) is 9.41. The summed E-state index contributed by atoms with van der Waals surface area (Å²) in [5, 5.41) is 11.0. The maximum atomic E-state index is 12.9. The van der Waals surface area contributed by atoms with Crippen molar-refractivity contribution in [3.63, 3.8) is 0 Å². The molecule has 0 spiro atoms. The minimum atomic E-state index is -0.697. The molecule has 1 atom stereocenters. The Balaban J connectivity index is 2.11. The van der Waals surface area contributed by atoms with Gasteiger partial charge in [-0.3, -0.25) is 9.59 Å². The van der Waals surface area contributed by atoms with Gasteiger partial charge in [-0.05, 0) is 31.8 Å². The molecule has 1 saturated heterocycles. The van der Waals surface area contributed by atoms with Gasteiger partial charge in [0.2, 0.25) is 0 Å². The summed E-state index contributed by atoms with van der Waals surface area (Å²) in [6.07, 6.45) is 1.64. The minimum Gasteiger partial charge on any atom is -0.507 e. The quantitative estimate of drug-likeness (QED) is 0.315. The number of carbonyl (C=O) groups excluding carboxylic acids is 2. The predicted molar refractivity (Wildman–Crippen MR) is 116 cm³/mol. The van der Waals surface area contributed by atoms with Gasteiger partial charge in [-0.25, -0.2) is 0 Å². The van der Waals surface area contributed by atoms with Crippen LogP contribution in [0.15, 0.2) is 72.8 Å². The standard InChI is InChI=1S/C24H26N2O4/c1-4-15-30-19-12-8-11-18(16-19)21-20(22(27)17-9-6-5-7-10-17)23(28)24(29)26(21)14-13-25(2)3/h4-12,16,21,27H,1,13-15H2,2-3H3. The Kier molecular flexibility index (Phi) is 6.69. The van der Waals surface area contributed by atoms with Crippen LogP contribution in [0, 0.1) is 0 Å². The van der Waals surface area contributed by atoms with Gasteiger partial charge in [-0.2, -0.15) is 0 Å². The van der Waals surface area contributed by atoms with E-state index in [0.29, 0.717) is 36.6 Å². The molecule has 6 heteroatoms. The maximum absolute atomic E-state index is 12.9. The third-order valence-electron chi connectivity index (χ3n) is 4.92. The van der Waals surface area contributed by atoms with Crippen molar-refractivity contribution in [2.45, 2.75) is 6.04 Å². The highest BCUT2D eigenvalue weighted by Crippen LogP contribution is 2.40. The van der Waals surface area contributed by atoms with E-state index >= 15 is 0 Å². The van der Waals surface area contributed by atoms with Crippen LogP contribution in [0.3, 0.4) is 0 Å². The van der Waals surface area contributed by atoms with E-state index < -0.39 is 17.7 Å². The molecule has 1 amide bonds. The van der Waals surface area contributed by atoms with Crippen molar-refractivity contribution in [2.24, 2.45) is 0 Å². The molecule has 2 aromatic rings. The summed E-state index contributed by atoms with van der Waals surface area (Å²) < 4.78 is 5.63. The van der Waals surface area contributed by atoms with Crippen molar-refractivity contribution in [1.82, 2.24) is 9.80 Å². The van der Waals surface area contributed by atoms with Gasteiger partial charge < -0.3 is 19.6 Å². The number of aliphatic hydroxyl groups excluding tert-OH is 1. The van der Waals surface area contributed by atoms with E-state index in [9.17, 15) is 14.7 Å². The zero-order chi connectivity index (χ0) is 21.7. The van der Waals surface area contributed by atoms with Crippen molar-refractivity contribution in [1.29, 1.82) is 0 Å². The number of hydrogen-bond acceptors (Lipinski definition) is 5. The molecule has 1 unspecified atom stereocenters. The van der Waals surface area contributed by atoms with E-state index in [1.54, 1.807) is 42.5 Å². The normalized spacial score (nSPS) is 18.1. The van der Waals surface area contributed by atoms with Crippen LogP contribution in [-0.2, 0) is 9.59 Å². The highest BCUT2D eigenvalue weighted by Gasteiger charge is 2.45. The number of nitrogens with zero attached hydrogens (tertiary/aromatic N) is 2. The second-order valence-corrected chi connectivity index (χ2v) is 7.33. The topological polar surface area (TPSA) is 70.1 Å². The van der Waals surface area contributed by atoms with Crippen LogP contribution in [0.2, 0.25) is 0 Å². The molecule has 1 N–H and O–H groups in total. The molecule has 3 rings (SSSR count). The number of aliphatic hydroxyl groups is 1. The lowest BCUT2D eigenvalue weighted by molar-refractivity contribution is -0.140. The van der Waals surface area contributed by atoms with Crippen molar-refractivity contribution < 1.29 is 19.4 Å². The van der Waals surface area contributed by atoms with E-state index in [0.717, 1.165) is 0 Å². The molecule has 1 aliphatic rings. The number of likely N-dealkylation sites (tertiary alicyclic amines) is 1. The summed E-state index contributed by atoms with van der Waals surface area (Å²) in [6.45, 7) is 4.93. The first-order chi connectivity index (χ1) is 14.4. The van der Waals surface area contributed by atoms with E-state index in [1.165, 1.54) is 4.90 Å². The van der Waals surface area contributed by atoms with Crippen molar-refractivity contribution >= 4 is 17.4 Å².